The summed E-state index contributed by atoms with van der Waals surface area (Å²) in [5.41, 5.74) is 0.827. The molecule has 0 aliphatic carbocycles. The average molecular weight is 265 g/mol. The van der Waals surface area contributed by atoms with Crippen molar-refractivity contribution in [3.05, 3.63) is 41.3 Å². The van der Waals surface area contributed by atoms with Gasteiger partial charge in [-0.3, -0.25) is 0 Å². The molecule has 5 heteroatoms. The maximum absolute atomic E-state index is 5.73. The summed E-state index contributed by atoms with van der Waals surface area (Å²) < 4.78 is 11.0. The fourth-order valence-electron chi connectivity index (χ4n) is 1.39. The molecule has 2 rings (SSSR count). The minimum absolute atomic E-state index is 0.168. The van der Waals surface area contributed by atoms with E-state index < -0.39 is 0 Å². The van der Waals surface area contributed by atoms with E-state index >= 15 is 0 Å². The second-order valence-corrected chi connectivity index (χ2v) is 3.97. The SMILES string of the molecule is CCOc1ccc(Oc2nc(Cl)ncc2C)cc1. The minimum Gasteiger partial charge on any atom is -0.494 e. The minimum atomic E-state index is 0.168. The van der Waals surface area contributed by atoms with Crippen molar-refractivity contribution in [1.29, 1.82) is 0 Å². The smallest absolute Gasteiger partial charge is 0.226 e. The fourth-order valence-corrected chi connectivity index (χ4v) is 1.52. The molecular formula is C13H13ClN2O2. The van der Waals surface area contributed by atoms with Crippen molar-refractivity contribution in [1.82, 2.24) is 9.97 Å². The van der Waals surface area contributed by atoms with Gasteiger partial charge in [0.2, 0.25) is 11.2 Å². The largest absolute Gasteiger partial charge is 0.494 e. The van der Waals surface area contributed by atoms with Gasteiger partial charge in [0, 0.05) is 11.8 Å². The summed E-state index contributed by atoms with van der Waals surface area (Å²) in [5, 5.41) is 0.168. The van der Waals surface area contributed by atoms with Crippen LogP contribution in [0.1, 0.15) is 12.5 Å². The third kappa shape index (κ3) is 3.11. The van der Waals surface area contributed by atoms with Gasteiger partial charge in [0.1, 0.15) is 11.5 Å². The van der Waals surface area contributed by atoms with E-state index in [1.807, 2.05) is 38.1 Å². The van der Waals surface area contributed by atoms with E-state index in [4.69, 9.17) is 21.1 Å². The van der Waals surface area contributed by atoms with Crippen LogP contribution in [-0.2, 0) is 0 Å². The first-order valence-corrected chi connectivity index (χ1v) is 5.96. The predicted molar refractivity (Wildman–Crippen MR) is 69.5 cm³/mol. The molecule has 0 unspecified atom stereocenters. The Bertz CT molecular complexity index is 529. The highest BCUT2D eigenvalue weighted by Gasteiger charge is 2.05. The summed E-state index contributed by atoms with van der Waals surface area (Å²) in [6.45, 7) is 4.44. The summed E-state index contributed by atoms with van der Waals surface area (Å²) in [7, 11) is 0. The number of halogens is 1. The van der Waals surface area contributed by atoms with E-state index in [1.54, 1.807) is 6.20 Å². The lowest BCUT2D eigenvalue weighted by molar-refractivity contribution is 0.339. The van der Waals surface area contributed by atoms with Crippen LogP contribution < -0.4 is 9.47 Å². The zero-order valence-corrected chi connectivity index (χ0v) is 10.9. The number of aryl methyl sites for hydroxylation is 1. The van der Waals surface area contributed by atoms with Crippen molar-refractivity contribution in [2.24, 2.45) is 0 Å². The highest BCUT2D eigenvalue weighted by Crippen LogP contribution is 2.25. The van der Waals surface area contributed by atoms with Gasteiger partial charge in [-0.1, -0.05) is 0 Å². The molecule has 0 atom stereocenters. The van der Waals surface area contributed by atoms with Gasteiger partial charge < -0.3 is 9.47 Å². The van der Waals surface area contributed by atoms with Crippen LogP contribution in [0.15, 0.2) is 30.5 Å². The van der Waals surface area contributed by atoms with Gasteiger partial charge >= 0.3 is 0 Å². The van der Waals surface area contributed by atoms with Gasteiger partial charge in [0.15, 0.2) is 0 Å². The Morgan fingerprint density at radius 2 is 1.83 bits per heavy atom. The van der Waals surface area contributed by atoms with Crippen LogP contribution in [0.5, 0.6) is 17.4 Å². The van der Waals surface area contributed by atoms with Gasteiger partial charge in [-0.2, -0.15) is 4.98 Å². The van der Waals surface area contributed by atoms with Crippen LogP contribution in [0.2, 0.25) is 5.28 Å². The Hall–Kier alpha value is -1.81. The second-order valence-electron chi connectivity index (χ2n) is 3.63. The van der Waals surface area contributed by atoms with Crippen LogP contribution >= 0.6 is 11.6 Å². The van der Waals surface area contributed by atoms with Gasteiger partial charge in [0.25, 0.3) is 0 Å². The molecule has 1 aromatic heterocycles. The van der Waals surface area contributed by atoms with E-state index in [-0.39, 0.29) is 5.28 Å². The Balaban J connectivity index is 2.15. The molecule has 4 nitrogen and oxygen atoms in total. The maximum atomic E-state index is 5.73. The fraction of sp³-hybridized carbons (Fsp3) is 0.231. The van der Waals surface area contributed by atoms with Gasteiger partial charge in [-0.15, -0.1) is 0 Å². The molecule has 0 fully saturated rings. The Kier molecular flexibility index (Phi) is 3.99. The van der Waals surface area contributed by atoms with E-state index in [0.29, 0.717) is 18.2 Å². The van der Waals surface area contributed by atoms with Gasteiger partial charge in [-0.25, -0.2) is 4.98 Å². The van der Waals surface area contributed by atoms with Crippen molar-refractivity contribution < 1.29 is 9.47 Å². The monoisotopic (exact) mass is 264 g/mol. The molecule has 94 valence electrons. The molecule has 0 spiro atoms. The molecule has 18 heavy (non-hydrogen) atoms. The number of rotatable bonds is 4. The van der Waals surface area contributed by atoms with Crippen LogP contribution in [0.3, 0.4) is 0 Å². The number of ether oxygens (including phenoxy) is 2. The first kappa shape index (κ1) is 12.6. The lowest BCUT2D eigenvalue weighted by Crippen LogP contribution is -1.94. The van der Waals surface area contributed by atoms with Crippen molar-refractivity contribution in [2.75, 3.05) is 6.61 Å². The first-order chi connectivity index (χ1) is 8.69. The van der Waals surface area contributed by atoms with Gasteiger partial charge in [-0.05, 0) is 49.7 Å². The topological polar surface area (TPSA) is 44.2 Å². The molecule has 0 bridgehead atoms. The average Bonchev–Trinajstić information content (AvgIpc) is 2.37. The Labute approximate surface area is 111 Å². The third-order valence-electron chi connectivity index (χ3n) is 2.25. The number of benzene rings is 1. The molecule has 0 saturated heterocycles. The molecule has 0 radical (unpaired) electrons. The summed E-state index contributed by atoms with van der Waals surface area (Å²) in [4.78, 5) is 7.90. The molecule has 0 aliphatic heterocycles. The molecule has 0 N–H and O–H groups in total. The maximum Gasteiger partial charge on any atom is 0.226 e. The van der Waals surface area contributed by atoms with Crippen LogP contribution in [-0.4, -0.2) is 16.6 Å². The predicted octanol–water partition coefficient (Wildman–Crippen LogP) is 3.63. The Morgan fingerprint density at radius 3 is 2.50 bits per heavy atom. The number of nitrogens with zero attached hydrogens (tertiary/aromatic N) is 2. The van der Waals surface area contributed by atoms with Crippen molar-refractivity contribution >= 4 is 11.6 Å². The van der Waals surface area contributed by atoms with E-state index in [1.165, 1.54) is 0 Å². The molecule has 1 heterocycles. The summed E-state index contributed by atoms with van der Waals surface area (Å²) >= 11 is 5.73. The molecule has 1 aromatic carbocycles. The summed E-state index contributed by atoms with van der Waals surface area (Å²) in [6.07, 6.45) is 1.62. The molecule has 0 saturated carbocycles. The second kappa shape index (κ2) is 5.69. The number of aromatic nitrogens is 2. The quantitative estimate of drug-likeness (QED) is 0.791. The molecular weight excluding hydrogens is 252 g/mol. The molecule has 0 aliphatic rings. The Morgan fingerprint density at radius 1 is 1.17 bits per heavy atom. The van der Waals surface area contributed by atoms with Crippen molar-refractivity contribution in [2.45, 2.75) is 13.8 Å². The summed E-state index contributed by atoms with van der Waals surface area (Å²) in [5.74, 6) is 1.94. The standard InChI is InChI=1S/C13H13ClN2O2/c1-3-17-10-4-6-11(7-5-10)18-12-9(2)8-15-13(14)16-12/h4-8H,3H2,1-2H3. The first-order valence-electron chi connectivity index (χ1n) is 5.59. The van der Waals surface area contributed by atoms with Crippen molar-refractivity contribution in [3.8, 4) is 17.4 Å². The molecule has 2 aromatic rings. The zero-order chi connectivity index (χ0) is 13.0. The summed E-state index contributed by atoms with van der Waals surface area (Å²) in [6, 6.07) is 7.33. The van der Waals surface area contributed by atoms with Gasteiger partial charge in [0.05, 0.1) is 6.61 Å². The lowest BCUT2D eigenvalue weighted by atomic mass is 10.3. The van der Waals surface area contributed by atoms with E-state index in [0.717, 1.165) is 11.3 Å². The van der Waals surface area contributed by atoms with Crippen LogP contribution in [0, 0.1) is 6.92 Å². The van der Waals surface area contributed by atoms with Crippen LogP contribution in [0.25, 0.3) is 0 Å². The van der Waals surface area contributed by atoms with E-state index in [2.05, 4.69) is 9.97 Å². The third-order valence-corrected chi connectivity index (χ3v) is 2.43. The highest BCUT2D eigenvalue weighted by molar-refractivity contribution is 6.28. The normalized spacial score (nSPS) is 10.2. The molecule has 0 amide bonds. The van der Waals surface area contributed by atoms with Crippen LogP contribution in [0.4, 0.5) is 0 Å². The lowest BCUT2D eigenvalue weighted by Gasteiger charge is -2.08. The zero-order valence-electron chi connectivity index (χ0n) is 10.2. The van der Waals surface area contributed by atoms with Crippen molar-refractivity contribution in [3.63, 3.8) is 0 Å². The number of hydrogen-bond acceptors (Lipinski definition) is 4. The highest BCUT2D eigenvalue weighted by atomic mass is 35.5. The number of hydrogen-bond donors (Lipinski definition) is 0. The van der Waals surface area contributed by atoms with E-state index in [9.17, 15) is 0 Å².